The Morgan fingerprint density at radius 1 is 0.613 bits per heavy atom. The largest absolute Gasteiger partial charge is 0.255 e. The molecule has 0 aliphatic carbocycles. The molecule has 0 radical (unpaired) electrons. The zero-order valence-electron chi connectivity index (χ0n) is 16.3. The number of hydrogen-bond donors (Lipinski definition) is 0. The lowest BCUT2D eigenvalue weighted by Gasteiger charge is -2.09. The van der Waals surface area contributed by atoms with Crippen molar-refractivity contribution in [2.75, 3.05) is 0 Å². The van der Waals surface area contributed by atoms with Crippen LogP contribution in [0.1, 0.15) is 0 Å². The maximum absolute atomic E-state index is 4.83. The van der Waals surface area contributed by atoms with Gasteiger partial charge in [-0.15, -0.1) is 5.10 Å². The molecule has 0 saturated carbocycles. The molecule has 5 heterocycles. The smallest absolute Gasteiger partial charge is 0.180 e. The van der Waals surface area contributed by atoms with Crippen molar-refractivity contribution in [3.05, 3.63) is 91.3 Å². The Morgan fingerprint density at radius 3 is 2.10 bits per heavy atom. The lowest BCUT2D eigenvalue weighted by Crippen LogP contribution is -2.02. The van der Waals surface area contributed by atoms with Crippen LogP contribution in [0.4, 0.5) is 0 Å². The fraction of sp³-hybridized carbons (Fsp3) is 0. The van der Waals surface area contributed by atoms with E-state index in [0.717, 1.165) is 33.5 Å². The third-order valence-electron chi connectivity index (χ3n) is 5.09. The molecule has 7 nitrogen and oxygen atoms in total. The highest BCUT2D eigenvalue weighted by molar-refractivity contribution is 5.94. The maximum Gasteiger partial charge on any atom is 0.180 e. The molecule has 0 unspecified atom stereocenters. The summed E-state index contributed by atoms with van der Waals surface area (Å²) < 4.78 is 1.76. The lowest BCUT2D eigenvalue weighted by atomic mass is 10.1. The van der Waals surface area contributed by atoms with Crippen LogP contribution in [0, 0.1) is 0 Å². The van der Waals surface area contributed by atoms with Crippen LogP contribution in [0.5, 0.6) is 0 Å². The Hall–Kier alpha value is -4.52. The van der Waals surface area contributed by atoms with Crippen molar-refractivity contribution in [3.63, 3.8) is 0 Å². The summed E-state index contributed by atoms with van der Waals surface area (Å²) >= 11 is 0. The second-order valence-corrected chi connectivity index (χ2v) is 7.00. The SMILES string of the molecule is c1ccc(-c2nnn3c2ccc2c(-c4ccccn4)nc(-c4ccccn4)nc23)cc1. The summed E-state index contributed by atoms with van der Waals surface area (Å²) in [6.45, 7) is 0. The van der Waals surface area contributed by atoms with E-state index in [-0.39, 0.29) is 0 Å². The topological polar surface area (TPSA) is 81.8 Å². The van der Waals surface area contributed by atoms with Crippen molar-refractivity contribution >= 4 is 16.6 Å². The highest BCUT2D eigenvalue weighted by Crippen LogP contribution is 2.30. The normalized spacial score (nSPS) is 11.2. The molecule has 146 valence electrons. The third-order valence-corrected chi connectivity index (χ3v) is 5.09. The van der Waals surface area contributed by atoms with E-state index in [0.29, 0.717) is 17.2 Å². The molecule has 6 rings (SSSR count). The molecule has 1 aromatic carbocycles. The van der Waals surface area contributed by atoms with E-state index in [2.05, 4.69) is 20.3 Å². The quantitative estimate of drug-likeness (QED) is 0.435. The highest BCUT2D eigenvalue weighted by atomic mass is 15.4. The van der Waals surface area contributed by atoms with Gasteiger partial charge in [-0.2, -0.15) is 4.52 Å². The highest BCUT2D eigenvalue weighted by Gasteiger charge is 2.18. The molecular weight excluding hydrogens is 386 g/mol. The van der Waals surface area contributed by atoms with Gasteiger partial charge < -0.3 is 0 Å². The first kappa shape index (κ1) is 17.3. The number of benzene rings is 1. The number of nitrogens with zero attached hydrogens (tertiary/aromatic N) is 7. The van der Waals surface area contributed by atoms with Crippen LogP contribution < -0.4 is 0 Å². The van der Waals surface area contributed by atoms with Crippen molar-refractivity contribution in [2.24, 2.45) is 0 Å². The summed E-state index contributed by atoms with van der Waals surface area (Å²) in [7, 11) is 0. The Morgan fingerprint density at radius 2 is 1.35 bits per heavy atom. The fourth-order valence-electron chi connectivity index (χ4n) is 3.64. The Bertz CT molecular complexity index is 1510. The van der Waals surface area contributed by atoms with E-state index in [4.69, 9.17) is 9.97 Å². The van der Waals surface area contributed by atoms with Gasteiger partial charge in [0.05, 0.1) is 11.2 Å². The first-order chi connectivity index (χ1) is 15.4. The minimum atomic E-state index is 0.512. The molecule has 0 aliphatic heterocycles. The van der Waals surface area contributed by atoms with Gasteiger partial charge in [-0.1, -0.05) is 47.7 Å². The Labute approximate surface area is 177 Å². The van der Waals surface area contributed by atoms with Gasteiger partial charge in [0, 0.05) is 23.3 Å². The van der Waals surface area contributed by atoms with Crippen LogP contribution in [0.25, 0.3) is 50.7 Å². The summed E-state index contributed by atoms with van der Waals surface area (Å²) in [5, 5.41) is 9.71. The van der Waals surface area contributed by atoms with E-state index in [9.17, 15) is 0 Å². The number of rotatable bonds is 3. The van der Waals surface area contributed by atoms with Crippen molar-refractivity contribution in [1.29, 1.82) is 0 Å². The first-order valence-electron chi connectivity index (χ1n) is 9.83. The zero-order chi connectivity index (χ0) is 20.6. The summed E-state index contributed by atoms with van der Waals surface area (Å²) in [5.74, 6) is 0.512. The molecule has 0 N–H and O–H groups in total. The fourth-order valence-corrected chi connectivity index (χ4v) is 3.64. The predicted octanol–water partition coefficient (Wildman–Crippen LogP) is 4.46. The summed E-state index contributed by atoms with van der Waals surface area (Å²) in [6, 6.07) is 25.4. The monoisotopic (exact) mass is 401 g/mol. The molecule has 0 aliphatic rings. The molecular formula is C24H15N7. The molecule has 0 spiro atoms. The minimum Gasteiger partial charge on any atom is -0.255 e. The van der Waals surface area contributed by atoms with Crippen molar-refractivity contribution in [2.45, 2.75) is 0 Å². The lowest BCUT2D eigenvalue weighted by molar-refractivity contribution is 0.871. The molecule has 0 atom stereocenters. The zero-order valence-corrected chi connectivity index (χ0v) is 16.3. The van der Waals surface area contributed by atoms with Gasteiger partial charge in [0.15, 0.2) is 11.5 Å². The van der Waals surface area contributed by atoms with Gasteiger partial charge in [0.2, 0.25) is 0 Å². The van der Waals surface area contributed by atoms with Gasteiger partial charge in [-0.05, 0) is 36.4 Å². The molecule has 0 saturated heterocycles. The number of fused-ring (bicyclic) bond motifs is 3. The molecule has 0 fully saturated rings. The molecule has 5 aromatic heterocycles. The predicted molar refractivity (Wildman–Crippen MR) is 118 cm³/mol. The second kappa shape index (κ2) is 7.07. The van der Waals surface area contributed by atoms with Crippen molar-refractivity contribution < 1.29 is 0 Å². The van der Waals surface area contributed by atoms with E-state index >= 15 is 0 Å². The van der Waals surface area contributed by atoms with Crippen molar-refractivity contribution in [3.8, 4) is 34.2 Å². The van der Waals surface area contributed by atoms with Gasteiger partial charge in [-0.3, -0.25) is 9.97 Å². The standard InChI is InChI=1S/C24H15N7/c1-2-8-16(9-3-1)21-20-13-12-17-22(18-10-4-6-14-25-18)27-23(19-11-5-7-15-26-19)28-24(17)31(20)30-29-21/h1-15H. The number of aromatic nitrogens is 7. The molecule has 31 heavy (non-hydrogen) atoms. The molecule has 0 bridgehead atoms. The van der Waals surface area contributed by atoms with Crippen LogP contribution in [-0.2, 0) is 0 Å². The first-order valence-corrected chi connectivity index (χ1v) is 9.83. The van der Waals surface area contributed by atoms with Crippen LogP contribution in [-0.4, -0.2) is 34.8 Å². The maximum atomic E-state index is 4.83. The van der Waals surface area contributed by atoms with Gasteiger partial charge in [0.1, 0.15) is 17.1 Å². The average molecular weight is 401 g/mol. The Kier molecular flexibility index (Phi) is 3.96. The molecule has 6 aromatic rings. The second-order valence-electron chi connectivity index (χ2n) is 7.00. The van der Waals surface area contributed by atoms with Crippen LogP contribution >= 0.6 is 0 Å². The van der Waals surface area contributed by atoms with Gasteiger partial charge in [-0.25, -0.2) is 9.97 Å². The minimum absolute atomic E-state index is 0.512. The summed E-state index contributed by atoms with van der Waals surface area (Å²) in [4.78, 5) is 18.6. The van der Waals surface area contributed by atoms with Crippen LogP contribution in [0.2, 0.25) is 0 Å². The van der Waals surface area contributed by atoms with Crippen molar-refractivity contribution in [1.82, 2.24) is 34.8 Å². The van der Waals surface area contributed by atoms with E-state index in [1.54, 1.807) is 16.9 Å². The number of pyridine rings is 3. The average Bonchev–Trinajstić information content (AvgIpc) is 3.30. The van der Waals surface area contributed by atoms with Crippen LogP contribution in [0.15, 0.2) is 91.3 Å². The molecule has 7 heteroatoms. The van der Waals surface area contributed by atoms with Gasteiger partial charge in [0.25, 0.3) is 0 Å². The molecule has 0 amide bonds. The third kappa shape index (κ3) is 2.91. The van der Waals surface area contributed by atoms with Crippen LogP contribution in [0.3, 0.4) is 0 Å². The van der Waals surface area contributed by atoms with Gasteiger partial charge >= 0.3 is 0 Å². The Balaban J connectivity index is 1.68. The van der Waals surface area contributed by atoms with E-state index in [1.807, 2.05) is 78.9 Å². The summed E-state index contributed by atoms with van der Waals surface area (Å²) in [5.41, 5.74) is 5.50. The van der Waals surface area contributed by atoms with E-state index in [1.165, 1.54) is 0 Å². The number of hydrogen-bond acceptors (Lipinski definition) is 6. The van der Waals surface area contributed by atoms with E-state index < -0.39 is 0 Å². The summed E-state index contributed by atoms with van der Waals surface area (Å²) in [6.07, 6.45) is 3.48.